The van der Waals surface area contributed by atoms with Gasteiger partial charge in [0.1, 0.15) is 5.75 Å². The van der Waals surface area contributed by atoms with Crippen LogP contribution in [-0.4, -0.2) is 23.3 Å². The van der Waals surface area contributed by atoms with Crippen LogP contribution in [-0.2, 0) is 0 Å². The first-order valence-electron chi connectivity index (χ1n) is 9.25. The number of rotatable bonds is 6. The van der Waals surface area contributed by atoms with Gasteiger partial charge in [0.2, 0.25) is 5.95 Å². The van der Waals surface area contributed by atoms with E-state index in [1.54, 1.807) is 13.3 Å². The van der Waals surface area contributed by atoms with Gasteiger partial charge in [-0.3, -0.25) is 0 Å². The van der Waals surface area contributed by atoms with Gasteiger partial charge in [0.25, 0.3) is 0 Å². The normalized spacial score (nSPS) is 10.8. The Morgan fingerprint density at radius 1 is 0.759 bits per heavy atom. The molecule has 4 rings (SSSR count). The van der Waals surface area contributed by atoms with E-state index in [1.807, 2.05) is 91.0 Å². The second kappa shape index (κ2) is 8.80. The van der Waals surface area contributed by atoms with Gasteiger partial charge in [0, 0.05) is 11.1 Å². The van der Waals surface area contributed by atoms with E-state index in [9.17, 15) is 0 Å². The molecule has 0 aliphatic rings. The Hall–Kier alpha value is -3.99. The lowest BCUT2D eigenvalue weighted by atomic mass is 10.1. The largest absolute Gasteiger partial charge is 0.497 e. The minimum absolute atomic E-state index is 0.440. The summed E-state index contributed by atoms with van der Waals surface area (Å²) < 4.78 is 5.17. The van der Waals surface area contributed by atoms with Crippen molar-refractivity contribution in [2.24, 2.45) is 5.10 Å². The summed E-state index contributed by atoms with van der Waals surface area (Å²) in [4.78, 5) is 9.26. The Balaban J connectivity index is 1.63. The lowest BCUT2D eigenvalue weighted by molar-refractivity contribution is 0.415. The minimum atomic E-state index is 0.440. The zero-order valence-electron chi connectivity index (χ0n) is 16.0. The van der Waals surface area contributed by atoms with Crippen molar-refractivity contribution in [3.05, 3.63) is 96.6 Å². The molecule has 0 amide bonds. The summed E-state index contributed by atoms with van der Waals surface area (Å²) in [5.74, 6) is 1.25. The van der Waals surface area contributed by atoms with Gasteiger partial charge in [-0.15, -0.1) is 0 Å². The molecule has 3 aromatic carbocycles. The molecule has 1 heterocycles. The summed E-state index contributed by atoms with van der Waals surface area (Å²) in [5, 5.41) is 4.30. The first-order valence-corrected chi connectivity index (χ1v) is 9.25. The molecular weight excluding hydrogens is 360 g/mol. The van der Waals surface area contributed by atoms with Crippen molar-refractivity contribution in [2.45, 2.75) is 0 Å². The molecule has 0 fully saturated rings. The Labute approximate surface area is 169 Å². The van der Waals surface area contributed by atoms with Gasteiger partial charge in [-0.2, -0.15) is 5.10 Å². The molecule has 29 heavy (non-hydrogen) atoms. The molecular formula is C24H20N4O. The SMILES string of the molecule is COc1ccc(/C=N/Nc2nc(-c3ccccc3)cc(-c3ccccc3)n2)cc1. The molecule has 5 nitrogen and oxygen atoms in total. The van der Waals surface area contributed by atoms with Crippen LogP contribution in [0.1, 0.15) is 5.56 Å². The van der Waals surface area contributed by atoms with E-state index < -0.39 is 0 Å². The monoisotopic (exact) mass is 380 g/mol. The lowest BCUT2D eigenvalue weighted by Crippen LogP contribution is -2.00. The van der Waals surface area contributed by atoms with Crippen molar-refractivity contribution in [3.8, 4) is 28.3 Å². The number of hydrogen-bond donors (Lipinski definition) is 1. The first kappa shape index (κ1) is 18.4. The summed E-state index contributed by atoms with van der Waals surface area (Å²) in [7, 11) is 1.64. The van der Waals surface area contributed by atoms with Gasteiger partial charge >= 0.3 is 0 Å². The quantitative estimate of drug-likeness (QED) is 0.366. The summed E-state index contributed by atoms with van der Waals surface area (Å²) >= 11 is 0. The number of benzene rings is 3. The van der Waals surface area contributed by atoms with Crippen molar-refractivity contribution < 1.29 is 4.74 Å². The summed E-state index contributed by atoms with van der Waals surface area (Å²) in [5.41, 5.74) is 7.62. The molecule has 142 valence electrons. The topological polar surface area (TPSA) is 59.4 Å². The van der Waals surface area contributed by atoms with Crippen LogP contribution in [0.5, 0.6) is 5.75 Å². The van der Waals surface area contributed by atoms with E-state index in [1.165, 1.54) is 0 Å². The zero-order valence-corrected chi connectivity index (χ0v) is 16.0. The molecule has 0 aliphatic heterocycles. The van der Waals surface area contributed by atoms with Crippen LogP contribution in [0.4, 0.5) is 5.95 Å². The van der Waals surface area contributed by atoms with Gasteiger partial charge < -0.3 is 4.74 Å². The van der Waals surface area contributed by atoms with Crippen molar-refractivity contribution in [3.63, 3.8) is 0 Å². The number of anilines is 1. The second-order valence-electron chi connectivity index (χ2n) is 6.34. The van der Waals surface area contributed by atoms with E-state index >= 15 is 0 Å². The average Bonchev–Trinajstić information content (AvgIpc) is 2.80. The number of hydrogen-bond acceptors (Lipinski definition) is 5. The van der Waals surface area contributed by atoms with Crippen LogP contribution < -0.4 is 10.2 Å². The molecule has 1 N–H and O–H groups in total. The Kier molecular flexibility index (Phi) is 5.58. The van der Waals surface area contributed by atoms with Crippen molar-refractivity contribution in [1.29, 1.82) is 0 Å². The molecule has 1 aromatic heterocycles. The predicted molar refractivity (Wildman–Crippen MR) is 117 cm³/mol. The van der Waals surface area contributed by atoms with Gasteiger partial charge in [-0.1, -0.05) is 60.7 Å². The Morgan fingerprint density at radius 3 is 1.83 bits per heavy atom. The first-order chi connectivity index (χ1) is 14.3. The van der Waals surface area contributed by atoms with Crippen molar-refractivity contribution >= 4 is 12.2 Å². The maximum absolute atomic E-state index is 5.17. The van der Waals surface area contributed by atoms with E-state index in [2.05, 4.69) is 20.5 Å². The maximum atomic E-state index is 5.17. The fourth-order valence-electron chi connectivity index (χ4n) is 2.87. The van der Waals surface area contributed by atoms with Crippen molar-refractivity contribution in [2.75, 3.05) is 12.5 Å². The van der Waals surface area contributed by atoms with Crippen LogP contribution >= 0.6 is 0 Å². The van der Waals surface area contributed by atoms with Gasteiger partial charge in [-0.05, 0) is 35.9 Å². The third-order valence-corrected chi connectivity index (χ3v) is 4.36. The van der Waals surface area contributed by atoms with Gasteiger partial charge in [-0.25, -0.2) is 15.4 Å². The fraction of sp³-hybridized carbons (Fsp3) is 0.0417. The number of aromatic nitrogens is 2. The second-order valence-corrected chi connectivity index (χ2v) is 6.34. The molecule has 0 radical (unpaired) electrons. The Morgan fingerprint density at radius 2 is 1.31 bits per heavy atom. The van der Waals surface area contributed by atoms with Gasteiger partial charge in [0.05, 0.1) is 24.7 Å². The van der Waals surface area contributed by atoms with Crippen LogP contribution in [0.15, 0.2) is 96.1 Å². The molecule has 0 bridgehead atoms. The number of hydrazone groups is 1. The lowest BCUT2D eigenvalue weighted by Gasteiger charge is -2.08. The highest BCUT2D eigenvalue weighted by molar-refractivity contribution is 5.80. The smallest absolute Gasteiger partial charge is 0.244 e. The molecule has 0 atom stereocenters. The standard InChI is InChI=1S/C24H20N4O/c1-29-21-14-12-18(13-15-21)17-25-28-24-26-22(19-8-4-2-5-9-19)16-23(27-24)20-10-6-3-7-11-20/h2-17H,1H3,(H,26,27,28)/b25-17+. The molecule has 0 saturated carbocycles. The summed E-state index contributed by atoms with van der Waals surface area (Å²) in [6.07, 6.45) is 1.72. The van der Waals surface area contributed by atoms with E-state index in [0.29, 0.717) is 5.95 Å². The molecule has 4 aromatic rings. The fourth-order valence-corrected chi connectivity index (χ4v) is 2.87. The number of ether oxygens (including phenoxy) is 1. The minimum Gasteiger partial charge on any atom is -0.497 e. The maximum Gasteiger partial charge on any atom is 0.244 e. The highest BCUT2D eigenvalue weighted by atomic mass is 16.5. The van der Waals surface area contributed by atoms with Crippen LogP contribution in [0.3, 0.4) is 0 Å². The predicted octanol–water partition coefficient (Wildman–Crippen LogP) is 5.27. The van der Waals surface area contributed by atoms with Crippen LogP contribution in [0, 0.1) is 0 Å². The molecule has 0 unspecified atom stereocenters. The Bertz CT molecular complexity index is 1040. The average molecular weight is 380 g/mol. The van der Waals surface area contributed by atoms with Crippen molar-refractivity contribution in [1.82, 2.24) is 9.97 Å². The molecule has 0 saturated heterocycles. The number of methoxy groups -OCH3 is 1. The summed E-state index contributed by atoms with van der Waals surface area (Å²) in [6, 6.07) is 29.7. The molecule has 0 spiro atoms. The molecule has 0 aliphatic carbocycles. The number of nitrogens with zero attached hydrogens (tertiary/aromatic N) is 3. The highest BCUT2D eigenvalue weighted by Crippen LogP contribution is 2.25. The van der Waals surface area contributed by atoms with Crippen LogP contribution in [0.25, 0.3) is 22.5 Å². The zero-order chi connectivity index (χ0) is 19.9. The van der Waals surface area contributed by atoms with Crippen LogP contribution in [0.2, 0.25) is 0 Å². The van der Waals surface area contributed by atoms with E-state index in [-0.39, 0.29) is 0 Å². The van der Waals surface area contributed by atoms with Gasteiger partial charge in [0.15, 0.2) is 0 Å². The number of nitrogens with one attached hydrogen (secondary N) is 1. The van der Waals surface area contributed by atoms with E-state index in [4.69, 9.17) is 4.74 Å². The third-order valence-electron chi connectivity index (χ3n) is 4.36. The summed E-state index contributed by atoms with van der Waals surface area (Å²) in [6.45, 7) is 0. The van der Waals surface area contributed by atoms with E-state index in [0.717, 1.165) is 33.8 Å². The third kappa shape index (κ3) is 4.65. The highest BCUT2D eigenvalue weighted by Gasteiger charge is 2.08. The molecule has 5 heteroatoms.